The second-order valence-corrected chi connectivity index (χ2v) is 9.12. The van der Waals surface area contributed by atoms with E-state index in [1.165, 1.54) is 19.5 Å². The van der Waals surface area contributed by atoms with Crippen LogP contribution in [-0.4, -0.2) is 49.9 Å². The Bertz CT molecular complexity index is 1190. The highest BCUT2D eigenvalue weighted by Gasteiger charge is 2.47. The molecule has 1 aliphatic heterocycles. The van der Waals surface area contributed by atoms with Gasteiger partial charge in [0, 0.05) is 22.7 Å². The molecule has 0 spiro atoms. The maximum Gasteiger partial charge on any atom is 0.252 e. The molecule has 2 aromatic carbocycles. The number of pyridine rings is 1. The molecule has 0 radical (unpaired) electrons. The van der Waals surface area contributed by atoms with Crippen molar-refractivity contribution in [3.63, 3.8) is 0 Å². The Morgan fingerprint density at radius 3 is 2.44 bits per heavy atom. The number of ether oxygens (including phenoxy) is 2. The van der Waals surface area contributed by atoms with Gasteiger partial charge in [0.1, 0.15) is 11.5 Å². The summed E-state index contributed by atoms with van der Waals surface area (Å²) in [4.78, 5) is 20.0. The molecule has 7 heteroatoms. The summed E-state index contributed by atoms with van der Waals surface area (Å²) in [6.07, 6.45) is 3.00. The number of carbonyl (C=O) groups excluding carboxylic acids is 1. The first-order chi connectivity index (χ1) is 16.3. The Hall–Kier alpha value is -3.19. The van der Waals surface area contributed by atoms with Crippen molar-refractivity contribution in [2.75, 3.05) is 34.1 Å². The molecule has 2 fully saturated rings. The van der Waals surface area contributed by atoms with Crippen molar-refractivity contribution in [3.05, 3.63) is 64.8 Å². The molecule has 0 atom stereocenters. The highest BCUT2D eigenvalue weighted by molar-refractivity contribution is 5.97. The Morgan fingerprint density at radius 2 is 1.85 bits per heavy atom. The molecule has 1 N–H and O–H groups in total. The third-order valence-corrected chi connectivity index (χ3v) is 6.53. The number of benzene rings is 2. The molecule has 3 aromatic rings. The van der Waals surface area contributed by atoms with Crippen LogP contribution in [0.2, 0.25) is 0 Å². The van der Waals surface area contributed by atoms with Crippen LogP contribution in [0.15, 0.2) is 42.5 Å². The average Bonchev–Trinajstić information content (AvgIpc) is 3.58. The molecule has 5 rings (SSSR count). The second kappa shape index (κ2) is 9.97. The Balaban J connectivity index is 0.000000486. The highest BCUT2D eigenvalue weighted by atomic mass is 19.1. The largest absolute Gasteiger partial charge is 0.497 e. The third kappa shape index (κ3) is 5.14. The van der Waals surface area contributed by atoms with Gasteiger partial charge < -0.3 is 19.7 Å². The van der Waals surface area contributed by atoms with Crippen LogP contribution >= 0.6 is 0 Å². The predicted molar refractivity (Wildman–Crippen MR) is 131 cm³/mol. The molecule has 6 nitrogen and oxygen atoms in total. The summed E-state index contributed by atoms with van der Waals surface area (Å²) in [6, 6.07) is 12.9. The maximum absolute atomic E-state index is 13.1. The Morgan fingerprint density at radius 1 is 1.12 bits per heavy atom. The van der Waals surface area contributed by atoms with E-state index in [0.717, 1.165) is 40.6 Å². The van der Waals surface area contributed by atoms with Gasteiger partial charge in [0.05, 0.1) is 18.2 Å². The average molecular weight is 466 g/mol. The van der Waals surface area contributed by atoms with Crippen molar-refractivity contribution >= 4 is 16.8 Å². The summed E-state index contributed by atoms with van der Waals surface area (Å²) in [7, 11) is 3.72. The van der Waals surface area contributed by atoms with Gasteiger partial charge in [0.25, 0.3) is 5.91 Å². The van der Waals surface area contributed by atoms with Crippen molar-refractivity contribution in [1.29, 1.82) is 0 Å². The number of hydrogen-bond donors (Lipinski definition) is 1. The first kappa shape index (κ1) is 24.0. The molecule has 180 valence electrons. The number of amides is 1. The summed E-state index contributed by atoms with van der Waals surface area (Å²) in [5.74, 6) is 0.879. The number of carbonyl (C=O) groups is 1. The number of methoxy groups -OCH3 is 1. The van der Waals surface area contributed by atoms with Gasteiger partial charge in [0.15, 0.2) is 0 Å². The van der Waals surface area contributed by atoms with Crippen LogP contribution in [0.1, 0.15) is 46.4 Å². The summed E-state index contributed by atoms with van der Waals surface area (Å²) in [6.45, 7) is 5.52. The summed E-state index contributed by atoms with van der Waals surface area (Å²) in [5, 5.41) is 4.13. The van der Waals surface area contributed by atoms with Crippen LogP contribution in [0.5, 0.6) is 11.5 Å². The standard InChI is InChI=1S/C23H23FN2O3.C4H9N/c1-14-4-6-16(28-3)10-19(14)22(27)26-23(8-9-23)20-11-17(29-13-24)12-21-18(20)7-5-15(2)25-21;1-5-3-2-4-5/h4-7,10-12H,8-9,13H2,1-3H3,(H,26,27);2-4H2,1H3. The van der Waals surface area contributed by atoms with Gasteiger partial charge in [0.2, 0.25) is 6.86 Å². The minimum atomic E-state index is -0.918. The molecule has 0 bridgehead atoms. The van der Waals surface area contributed by atoms with E-state index in [0.29, 0.717) is 17.1 Å². The fourth-order valence-electron chi connectivity index (χ4n) is 4.17. The Labute approximate surface area is 200 Å². The van der Waals surface area contributed by atoms with Gasteiger partial charge in [-0.25, -0.2) is 4.39 Å². The molecule has 1 amide bonds. The molecule has 34 heavy (non-hydrogen) atoms. The van der Waals surface area contributed by atoms with Crippen LogP contribution < -0.4 is 14.8 Å². The fourth-order valence-corrected chi connectivity index (χ4v) is 4.17. The van der Waals surface area contributed by atoms with E-state index >= 15 is 0 Å². The van der Waals surface area contributed by atoms with E-state index in [4.69, 9.17) is 9.47 Å². The second-order valence-electron chi connectivity index (χ2n) is 9.12. The van der Waals surface area contributed by atoms with Crippen LogP contribution in [0.3, 0.4) is 0 Å². The lowest BCUT2D eigenvalue weighted by molar-refractivity contribution is 0.0930. The van der Waals surface area contributed by atoms with Crippen molar-refractivity contribution in [1.82, 2.24) is 15.2 Å². The maximum atomic E-state index is 13.1. The molecule has 2 aliphatic rings. The highest BCUT2D eigenvalue weighted by Crippen LogP contribution is 2.49. The number of rotatable bonds is 6. The van der Waals surface area contributed by atoms with Gasteiger partial charge in [-0.2, -0.15) is 0 Å². The fraction of sp³-hybridized carbons (Fsp3) is 0.407. The monoisotopic (exact) mass is 465 g/mol. The number of aromatic nitrogens is 1. The Kier molecular flexibility index (Phi) is 7.03. The minimum absolute atomic E-state index is 0.163. The normalized spacial score (nSPS) is 16.1. The zero-order valence-electron chi connectivity index (χ0n) is 20.3. The van der Waals surface area contributed by atoms with E-state index in [-0.39, 0.29) is 5.91 Å². The number of nitrogens with zero attached hydrogens (tertiary/aromatic N) is 2. The van der Waals surface area contributed by atoms with Crippen molar-refractivity contribution in [2.24, 2.45) is 0 Å². The van der Waals surface area contributed by atoms with Gasteiger partial charge in [-0.3, -0.25) is 9.78 Å². The number of nitrogens with one attached hydrogen (secondary N) is 1. The summed E-state index contributed by atoms with van der Waals surface area (Å²) >= 11 is 0. The molecular formula is C27H32FN3O3. The number of hydrogen-bond acceptors (Lipinski definition) is 5. The van der Waals surface area contributed by atoms with Crippen molar-refractivity contribution in [2.45, 2.75) is 38.6 Å². The van der Waals surface area contributed by atoms with E-state index in [1.807, 2.05) is 44.2 Å². The lowest BCUT2D eigenvalue weighted by atomic mass is 9.97. The molecule has 0 unspecified atom stereocenters. The minimum Gasteiger partial charge on any atom is -0.497 e. The van der Waals surface area contributed by atoms with Gasteiger partial charge >= 0.3 is 0 Å². The topological polar surface area (TPSA) is 63.7 Å². The molecule has 1 saturated heterocycles. The lowest BCUT2D eigenvalue weighted by Gasteiger charge is -2.24. The number of alkyl halides is 1. The quantitative estimate of drug-likeness (QED) is 0.561. The third-order valence-electron chi connectivity index (χ3n) is 6.53. The number of fused-ring (bicyclic) bond motifs is 1. The van der Waals surface area contributed by atoms with Gasteiger partial charge in [-0.1, -0.05) is 12.1 Å². The van der Waals surface area contributed by atoms with E-state index in [9.17, 15) is 9.18 Å². The van der Waals surface area contributed by atoms with Crippen molar-refractivity contribution in [3.8, 4) is 11.5 Å². The van der Waals surface area contributed by atoms with Crippen molar-refractivity contribution < 1.29 is 18.7 Å². The van der Waals surface area contributed by atoms with Crippen LogP contribution in [0.4, 0.5) is 4.39 Å². The zero-order valence-corrected chi connectivity index (χ0v) is 20.3. The number of halogens is 1. The van der Waals surface area contributed by atoms with Gasteiger partial charge in [-0.05, 0) is 88.6 Å². The first-order valence-electron chi connectivity index (χ1n) is 11.6. The SMILES string of the molecule is CN1CCC1.COc1ccc(C)c(C(=O)NC2(c3cc(OCF)cc4nc(C)ccc34)CC2)c1. The molecule has 1 aromatic heterocycles. The molecular weight excluding hydrogens is 433 g/mol. The van der Waals surface area contributed by atoms with E-state index in [1.54, 1.807) is 19.2 Å². The summed E-state index contributed by atoms with van der Waals surface area (Å²) in [5.41, 5.74) is 3.42. The first-order valence-corrected chi connectivity index (χ1v) is 11.6. The van der Waals surface area contributed by atoms with Gasteiger partial charge in [-0.15, -0.1) is 0 Å². The van der Waals surface area contributed by atoms with E-state index in [2.05, 4.69) is 22.2 Å². The summed E-state index contributed by atoms with van der Waals surface area (Å²) < 4.78 is 23.2. The smallest absolute Gasteiger partial charge is 0.252 e. The number of likely N-dealkylation sites (tertiary alicyclic amines) is 1. The molecule has 1 aliphatic carbocycles. The predicted octanol–water partition coefficient (Wildman–Crippen LogP) is 4.91. The molecule has 1 saturated carbocycles. The molecule has 2 heterocycles. The van der Waals surface area contributed by atoms with Crippen LogP contribution in [0, 0.1) is 13.8 Å². The van der Waals surface area contributed by atoms with E-state index < -0.39 is 12.4 Å². The zero-order chi connectivity index (χ0) is 24.3. The van der Waals surface area contributed by atoms with Crippen LogP contribution in [0.25, 0.3) is 10.9 Å². The number of aryl methyl sites for hydroxylation is 2. The van der Waals surface area contributed by atoms with Crippen LogP contribution in [-0.2, 0) is 5.54 Å². The lowest BCUT2D eigenvalue weighted by Crippen LogP contribution is -2.35.